The molecule has 6 nitrogen and oxygen atoms in total. The predicted octanol–water partition coefficient (Wildman–Crippen LogP) is 4.38. The van der Waals surface area contributed by atoms with Crippen molar-refractivity contribution in [1.29, 1.82) is 0 Å². The number of aryl methyl sites for hydroxylation is 1. The first kappa shape index (κ1) is 18.9. The molecule has 0 aliphatic rings. The molecule has 9 heteroatoms. The minimum atomic E-state index is -0.516. The fourth-order valence-electron chi connectivity index (χ4n) is 2.22. The summed E-state index contributed by atoms with van der Waals surface area (Å²) >= 11 is 2.56. The standard InChI is InChI=1S/C18H15FN4O2S2/c1-11-9-20-17(27-11)22-16(25)8-7-13-10-26-18(21-13)23(12(2)24)15-6-4-3-5-14(15)19/h3-10H,1-2H3,(H,20,22,25)/b8-7+. The van der Waals surface area contributed by atoms with Crippen LogP contribution < -0.4 is 10.2 Å². The van der Waals surface area contributed by atoms with Gasteiger partial charge in [0.15, 0.2) is 10.3 Å². The molecule has 0 aliphatic carbocycles. The number of hydrogen-bond donors (Lipinski definition) is 1. The molecule has 27 heavy (non-hydrogen) atoms. The molecule has 0 radical (unpaired) electrons. The van der Waals surface area contributed by atoms with Crippen molar-refractivity contribution >= 4 is 56.5 Å². The molecule has 1 aromatic carbocycles. The van der Waals surface area contributed by atoms with Gasteiger partial charge in [0.05, 0.1) is 11.4 Å². The van der Waals surface area contributed by atoms with Crippen LogP contribution >= 0.6 is 22.7 Å². The number of para-hydroxylation sites is 1. The monoisotopic (exact) mass is 402 g/mol. The molecular formula is C18H15FN4O2S2. The Morgan fingerprint density at radius 2 is 2.07 bits per heavy atom. The second kappa shape index (κ2) is 8.19. The number of halogens is 1. The normalized spacial score (nSPS) is 10.9. The molecule has 0 saturated heterocycles. The third kappa shape index (κ3) is 4.63. The maximum absolute atomic E-state index is 14.1. The molecule has 0 spiro atoms. The fraction of sp³-hybridized carbons (Fsp3) is 0.111. The van der Waals surface area contributed by atoms with E-state index in [9.17, 15) is 14.0 Å². The Hall–Kier alpha value is -2.91. The topological polar surface area (TPSA) is 75.2 Å². The molecule has 0 fully saturated rings. The number of amides is 2. The van der Waals surface area contributed by atoms with Crippen LogP contribution in [0.5, 0.6) is 0 Å². The zero-order chi connectivity index (χ0) is 19.4. The average molecular weight is 402 g/mol. The molecule has 2 amide bonds. The van der Waals surface area contributed by atoms with Gasteiger partial charge in [-0.05, 0) is 25.1 Å². The summed E-state index contributed by atoms with van der Waals surface area (Å²) in [5.74, 6) is -1.21. The highest BCUT2D eigenvalue weighted by molar-refractivity contribution is 7.15. The molecule has 0 bridgehead atoms. The lowest BCUT2D eigenvalue weighted by molar-refractivity contribution is -0.116. The van der Waals surface area contributed by atoms with E-state index in [1.165, 1.54) is 58.8 Å². The van der Waals surface area contributed by atoms with Gasteiger partial charge in [-0.15, -0.1) is 22.7 Å². The van der Waals surface area contributed by atoms with E-state index in [4.69, 9.17) is 0 Å². The van der Waals surface area contributed by atoms with Gasteiger partial charge in [-0.25, -0.2) is 14.4 Å². The Morgan fingerprint density at radius 1 is 1.30 bits per heavy atom. The molecule has 0 unspecified atom stereocenters. The summed E-state index contributed by atoms with van der Waals surface area (Å²) in [5, 5.41) is 5.18. The summed E-state index contributed by atoms with van der Waals surface area (Å²) in [6.07, 6.45) is 4.53. The van der Waals surface area contributed by atoms with Crippen molar-refractivity contribution in [3.63, 3.8) is 0 Å². The lowest BCUT2D eigenvalue weighted by Gasteiger charge is -2.18. The molecule has 2 aromatic heterocycles. The van der Waals surface area contributed by atoms with E-state index in [1.54, 1.807) is 23.7 Å². The fourth-order valence-corrected chi connectivity index (χ4v) is 3.73. The number of anilines is 3. The quantitative estimate of drug-likeness (QED) is 0.643. The SMILES string of the molecule is CC(=O)N(c1nc(/C=C/C(=O)Nc2ncc(C)s2)cs1)c1ccccc1F. The molecular weight excluding hydrogens is 387 g/mol. The zero-order valence-corrected chi connectivity index (χ0v) is 16.1. The third-order valence-electron chi connectivity index (χ3n) is 3.37. The highest BCUT2D eigenvalue weighted by Gasteiger charge is 2.20. The van der Waals surface area contributed by atoms with Gasteiger partial charge in [0.1, 0.15) is 5.82 Å². The number of hydrogen-bond acceptors (Lipinski definition) is 6. The van der Waals surface area contributed by atoms with Crippen LogP contribution in [0.3, 0.4) is 0 Å². The van der Waals surface area contributed by atoms with Crippen LogP contribution in [0.4, 0.5) is 20.3 Å². The summed E-state index contributed by atoms with van der Waals surface area (Å²) in [4.78, 5) is 34.5. The summed E-state index contributed by atoms with van der Waals surface area (Å²) < 4.78 is 14.1. The maximum Gasteiger partial charge on any atom is 0.250 e. The van der Waals surface area contributed by atoms with Gasteiger partial charge < -0.3 is 0 Å². The van der Waals surface area contributed by atoms with Crippen molar-refractivity contribution in [3.05, 3.63) is 58.3 Å². The van der Waals surface area contributed by atoms with Crippen molar-refractivity contribution in [1.82, 2.24) is 9.97 Å². The lowest BCUT2D eigenvalue weighted by Crippen LogP contribution is -2.23. The van der Waals surface area contributed by atoms with E-state index in [2.05, 4.69) is 15.3 Å². The van der Waals surface area contributed by atoms with E-state index < -0.39 is 5.82 Å². The number of nitrogens with zero attached hydrogens (tertiary/aromatic N) is 3. The van der Waals surface area contributed by atoms with Crippen LogP contribution in [0.1, 0.15) is 17.5 Å². The third-order valence-corrected chi connectivity index (χ3v) is 5.04. The number of benzene rings is 1. The minimum absolute atomic E-state index is 0.131. The van der Waals surface area contributed by atoms with E-state index in [-0.39, 0.29) is 17.5 Å². The van der Waals surface area contributed by atoms with Crippen molar-refractivity contribution in [2.24, 2.45) is 0 Å². The number of carbonyl (C=O) groups excluding carboxylic acids is 2. The minimum Gasteiger partial charge on any atom is -0.298 e. The molecule has 1 N–H and O–H groups in total. The molecule has 3 rings (SSSR count). The Balaban J connectivity index is 1.75. The van der Waals surface area contributed by atoms with Crippen LogP contribution in [0.25, 0.3) is 6.08 Å². The number of nitrogens with one attached hydrogen (secondary N) is 1. The highest BCUT2D eigenvalue weighted by Crippen LogP contribution is 2.31. The molecule has 2 heterocycles. The Morgan fingerprint density at radius 3 is 2.74 bits per heavy atom. The first-order valence-corrected chi connectivity index (χ1v) is 9.56. The van der Waals surface area contributed by atoms with Gasteiger partial charge in [-0.3, -0.25) is 19.8 Å². The van der Waals surface area contributed by atoms with Crippen LogP contribution in [-0.2, 0) is 9.59 Å². The van der Waals surface area contributed by atoms with Gasteiger partial charge >= 0.3 is 0 Å². The average Bonchev–Trinajstić information content (AvgIpc) is 3.24. The zero-order valence-electron chi connectivity index (χ0n) is 14.5. The molecule has 0 saturated carbocycles. The van der Waals surface area contributed by atoms with Crippen LogP contribution in [0, 0.1) is 12.7 Å². The second-order valence-electron chi connectivity index (χ2n) is 5.46. The second-order valence-corrected chi connectivity index (χ2v) is 7.53. The summed E-state index contributed by atoms with van der Waals surface area (Å²) in [6.45, 7) is 3.24. The van der Waals surface area contributed by atoms with E-state index >= 15 is 0 Å². The largest absolute Gasteiger partial charge is 0.298 e. The number of carbonyl (C=O) groups is 2. The molecule has 0 aliphatic heterocycles. The van der Waals surface area contributed by atoms with Crippen molar-refractivity contribution in [3.8, 4) is 0 Å². The van der Waals surface area contributed by atoms with Crippen molar-refractivity contribution in [2.45, 2.75) is 13.8 Å². The van der Waals surface area contributed by atoms with E-state index in [0.717, 1.165) is 4.88 Å². The summed E-state index contributed by atoms with van der Waals surface area (Å²) in [7, 11) is 0. The van der Waals surface area contributed by atoms with Gasteiger partial charge in [-0.2, -0.15) is 0 Å². The number of thiazole rings is 2. The van der Waals surface area contributed by atoms with E-state index in [0.29, 0.717) is 16.0 Å². The van der Waals surface area contributed by atoms with Crippen LogP contribution in [-0.4, -0.2) is 21.8 Å². The van der Waals surface area contributed by atoms with Gasteiger partial charge in [0, 0.05) is 29.5 Å². The summed E-state index contributed by atoms with van der Waals surface area (Å²) in [5.41, 5.74) is 0.620. The predicted molar refractivity (Wildman–Crippen MR) is 106 cm³/mol. The van der Waals surface area contributed by atoms with Gasteiger partial charge in [0.25, 0.3) is 0 Å². The van der Waals surface area contributed by atoms with Crippen molar-refractivity contribution < 1.29 is 14.0 Å². The molecule has 0 atom stereocenters. The van der Waals surface area contributed by atoms with Crippen LogP contribution in [0.2, 0.25) is 0 Å². The highest BCUT2D eigenvalue weighted by atomic mass is 32.1. The summed E-state index contributed by atoms with van der Waals surface area (Å²) in [6, 6.07) is 5.99. The van der Waals surface area contributed by atoms with Gasteiger partial charge in [-0.1, -0.05) is 12.1 Å². The maximum atomic E-state index is 14.1. The smallest absolute Gasteiger partial charge is 0.250 e. The van der Waals surface area contributed by atoms with Gasteiger partial charge in [0.2, 0.25) is 11.8 Å². The first-order valence-electron chi connectivity index (χ1n) is 7.86. The number of rotatable bonds is 5. The molecule has 138 valence electrons. The van der Waals surface area contributed by atoms with Crippen molar-refractivity contribution in [2.75, 3.05) is 10.2 Å². The molecule has 3 aromatic rings. The Labute approximate surface area is 163 Å². The lowest BCUT2D eigenvalue weighted by atomic mass is 10.3. The van der Waals surface area contributed by atoms with E-state index in [1.807, 2.05) is 6.92 Å². The first-order chi connectivity index (χ1) is 12.9. The van der Waals surface area contributed by atoms with Crippen LogP contribution in [0.15, 0.2) is 41.9 Å². The number of aromatic nitrogens is 2. The Bertz CT molecular complexity index is 1010. The Kier molecular flexibility index (Phi) is 5.72.